The molecule has 1 heterocycles. The molecule has 2 aliphatic rings. The molecule has 0 bridgehead atoms. The molecule has 1 unspecified atom stereocenters. The number of hydrogen-bond acceptors (Lipinski definition) is 2. The van der Waals surface area contributed by atoms with E-state index in [1.807, 2.05) is 0 Å². The van der Waals surface area contributed by atoms with E-state index < -0.39 is 0 Å². The summed E-state index contributed by atoms with van der Waals surface area (Å²) in [5, 5.41) is 3.88. The monoisotopic (exact) mass is 258 g/mol. The van der Waals surface area contributed by atoms with Gasteiger partial charge in [-0.1, -0.05) is 38.0 Å². The van der Waals surface area contributed by atoms with Crippen molar-refractivity contribution in [2.45, 2.75) is 64.1 Å². The van der Waals surface area contributed by atoms with Crippen LogP contribution < -0.4 is 10.2 Å². The summed E-state index contributed by atoms with van der Waals surface area (Å²) in [6.07, 6.45) is 6.67. The van der Waals surface area contributed by atoms with Gasteiger partial charge in [0.1, 0.15) is 0 Å². The first-order valence-electron chi connectivity index (χ1n) is 7.84. The van der Waals surface area contributed by atoms with Crippen LogP contribution in [0.1, 0.15) is 51.5 Å². The highest BCUT2D eigenvalue weighted by Crippen LogP contribution is 2.36. The van der Waals surface area contributed by atoms with Crippen molar-refractivity contribution in [2.75, 3.05) is 11.4 Å². The number of rotatable bonds is 2. The highest BCUT2D eigenvalue weighted by atomic mass is 15.2. The normalized spacial score (nSPS) is 23.2. The van der Waals surface area contributed by atoms with Crippen LogP contribution in [-0.2, 0) is 6.54 Å². The topological polar surface area (TPSA) is 15.3 Å². The first-order chi connectivity index (χ1) is 9.24. The Balaban J connectivity index is 1.96. The Kier molecular flexibility index (Phi) is 3.53. The lowest BCUT2D eigenvalue weighted by Crippen LogP contribution is -2.51. The maximum absolute atomic E-state index is 3.88. The minimum Gasteiger partial charge on any atom is -0.367 e. The largest absolute Gasteiger partial charge is 0.367 e. The molecule has 1 spiro atoms. The highest BCUT2D eigenvalue weighted by Gasteiger charge is 2.38. The Morgan fingerprint density at radius 1 is 1.26 bits per heavy atom. The SMILES string of the molecule is CCC(C)N1CC2(CCCC2)NCc2ccccc21. The highest BCUT2D eigenvalue weighted by molar-refractivity contribution is 5.56. The van der Waals surface area contributed by atoms with Crippen LogP contribution in [0.5, 0.6) is 0 Å². The summed E-state index contributed by atoms with van der Waals surface area (Å²) in [4.78, 5) is 2.65. The van der Waals surface area contributed by atoms with E-state index in [0.29, 0.717) is 11.6 Å². The fourth-order valence-corrected chi connectivity index (χ4v) is 3.69. The molecule has 2 heteroatoms. The van der Waals surface area contributed by atoms with Gasteiger partial charge in [0.2, 0.25) is 0 Å². The van der Waals surface area contributed by atoms with Gasteiger partial charge < -0.3 is 10.2 Å². The molecule has 0 radical (unpaired) electrons. The lowest BCUT2D eigenvalue weighted by atomic mass is 9.96. The molecule has 1 fully saturated rings. The minimum atomic E-state index is 0.364. The number of hydrogen-bond donors (Lipinski definition) is 1. The summed E-state index contributed by atoms with van der Waals surface area (Å²) in [5.41, 5.74) is 3.28. The molecular weight excluding hydrogens is 232 g/mol. The number of fused-ring (bicyclic) bond motifs is 1. The quantitative estimate of drug-likeness (QED) is 0.870. The first kappa shape index (κ1) is 13.0. The summed E-state index contributed by atoms with van der Waals surface area (Å²) in [7, 11) is 0. The van der Waals surface area contributed by atoms with E-state index >= 15 is 0 Å². The predicted molar refractivity (Wildman–Crippen MR) is 81.6 cm³/mol. The molecule has 104 valence electrons. The summed E-state index contributed by atoms with van der Waals surface area (Å²) < 4.78 is 0. The van der Waals surface area contributed by atoms with Crippen molar-refractivity contribution < 1.29 is 0 Å². The smallest absolute Gasteiger partial charge is 0.0414 e. The van der Waals surface area contributed by atoms with Gasteiger partial charge in [-0.2, -0.15) is 0 Å². The van der Waals surface area contributed by atoms with E-state index in [0.717, 1.165) is 6.54 Å². The number of nitrogens with zero attached hydrogens (tertiary/aromatic N) is 1. The first-order valence-corrected chi connectivity index (χ1v) is 7.84. The van der Waals surface area contributed by atoms with Crippen LogP contribution in [0.2, 0.25) is 0 Å². The Morgan fingerprint density at radius 3 is 2.74 bits per heavy atom. The van der Waals surface area contributed by atoms with Crippen LogP contribution >= 0.6 is 0 Å². The van der Waals surface area contributed by atoms with Crippen molar-refractivity contribution in [3.05, 3.63) is 29.8 Å². The Hall–Kier alpha value is -1.02. The van der Waals surface area contributed by atoms with Gasteiger partial charge in [-0.25, -0.2) is 0 Å². The zero-order chi connectivity index (χ0) is 13.3. The zero-order valence-electron chi connectivity index (χ0n) is 12.3. The van der Waals surface area contributed by atoms with Crippen molar-refractivity contribution in [3.8, 4) is 0 Å². The number of para-hydroxylation sites is 1. The zero-order valence-corrected chi connectivity index (χ0v) is 12.3. The lowest BCUT2D eigenvalue weighted by molar-refractivity contribution is 0.330. The molecule has 1 aliphatic carbocycles. The molecule has 3 rings (SSSR count). The maximum Gasteiger partial charge on any atom is 0.0414 e. The Morgan fingerprint density at radius 2 is 2.00 bits per heavy atom. The molecule has 19 heavy (non-hydrogen) atoms. The molecule has 1 aromatic rings. The average Bonchev–Trinajstić information content (AvgIpc) is 2.84. The van der Waals surface area contributed by atoms with E-state index in [1.54, 1.807) is 0 Å². The third-order valence-corrected chi connectivity index (χ3v) is 5.11. The number of anilines is 1. The van der Waals surface area contributed by atoms with E-state index in [1.165, 1.54) is 49.9 Å². The number of benzene rings is 1. The van der Waals surface area contributed by atoms with Crippen molar-refractivity contribution in [1.82, 2.24) is 5.32 Å². The molecule has 2 nitrogen and oxygen atoms in total. The molecule has 1 saturated carbocycles. The molecule has 1 atom stereocenters. The van der Waals surface area contributed by atoms with Gasteiger partial charge in [-0.3, -0.25) is 0 Å². The third-order valence-electron chi connectivity index (χ3n) is 5.11. The second kappa shape index (κ2) is 5.16. The molecule has 1 aliphatic heterocycles. The summed E-state index contributed by atoms with van der Waals surface area (Å²) in [6.45, 7) is 6.87. The van der Waals surface area contributed by atoms with Gasteiger partial charge in [0.15, 0.2) is 0 Å². The summed E-state index contributed by atoms with van der Waals surface area (Å²) in [6, 6.07) is 9.56. The van der Waals surface area contributed by atoms with Crippen LogP contribution in [0, 0.1) is 0 Å². The molecule has 0 amide bonds. The van der Waals surface area contributed by atoms with Crippen LogP contribution in [0.15, 0.2) is 24.3 Å². The number of nitrogens with one attached hydrogen (secondary N) is 1. The molecule has 1 N–H and O–H groups in total. The van der Waals surface area contributed by atoms with E-state index in [9.17, 15) is 0 Å². The predicted octanol–water partition coefficient (Wildman–Crippen LogP) is 3.71. The van der Waals surface area contributed by atoms with Crippen LogP contribution in [0.3, 0.4) is 0 Å². The second-order valence-corrected chi connectivity index (χ2v) is 6.35. The summed E-state index contributed by atoms with van der Waals surface area (Å²) in [5.74, 6) is 0. The van der Waals surface area contributed by atoms with Gasteiger partial charge in [0.25, 0.3) is 0 Å². The Bertz CT molecular complexity index is 435. The maximum atomic E-state index is 3.88. The molecule has 0 aromatic heterocycles. The third kappa shape index (κ3) is 2.38. The van der Waals surface area contributed by atoms with E-state index in [-0.39, 0.29) is 0 Å². The fraction of sp³-hybridized carbons (Fsp3) is 0.647. The van der Waals surface area contributed by atoms with E-state index in [2.05, 4.69) is 48.3 Å². The van der Waals surface area contributed by atoms with Crippen LogP contribution in [0.4, 0.5) is 5.69 Å². The minimum absolute atomic E-state index is 0.364. The van der Waals surface area contributed by atoms with Gasteiger partial charge in [-0.15, -0.1) is 0 Å². The average molecular weight is 258 g/mol. The molecule has 0 saturated heterocycles. The van der Waals surface area contributed by atoms with Gasteiger partial charge in [-0.05, 0) is 37.8 Å². The van der Waals surface area contributed by atoms with Crippen molar-refractivity contribution in [3.63, 3.8) is 0 Å². The van der Waals surface area contributed by atoms with Crippen molar-refractivity contribution in [2.24, 2.45) is 0 Å². The molecular formula is C17H26N2. The standard InChI is InChI=1S/C17H26N2/c1-3-14(2)19-13-17(10-6-7-11-17)18-12-15-8-4-5-9-16(15)19/h4-5,8-9,14,18H,3,6-7,10-13H2,1-2H3. The molecule has 1 aromatic carbocycles. The van der Waals surface area contributed by atoms with Crippen LogP contribution in [0.25, 0.3) is 0 Å². The second-order valence-electron chi connectivity index (χ2n) is 6.35. The van der Waals surface area contributed by atoms with Gasteiger partial charge >= 0.3 is 0 Å². The lowest BCUT2D eigenvalue weighted by Gasteiger charge is -2.38. The van der Waals surface area contributed by atoms with Crippen molar-refractivity contribution in [1.29, 1.82) is 0 Å². The van der Waals surface area contributed by atoms with Gasteiger partial charge in [0.05, 0.1) is 0 Å². The van der Waals surface area contributed by atoms with Crippen molar-refractivity contribution >= 4 is 5.69 Å². The van der Waals surface area contributed by atoms with Crippen LogP contribution in [-0.4, -0.2) is 18.1 Å². The fourth-order valence-electron chi connectivity index (χ4n) is 3.69. The summed E-state index contributed by atoms with van der Waals surface area (Å²) >= 11 is 0. The van der Waals surface area contributed by atoms with E-state index in [4.69, 9.17) is 0 Å². The Labute approximate surface area is 117 Å². The van der Waals surface area contributed by atoms with Gasteiger partial charge in [0, 0.05) is 30.4 Å².